The molecule has 1 aliphatic heterocycles. The van der Waals surface area contributed by atoms with Gasteiger partial charge in [-0.15, -0.1) is 0 Å². The fourth-order valence-corrected chi connectivity index (χ4v) is 5.92. The molecule has 6 heteroatoms. The predicted octanol–water partition coefficient (Wildman–Crippen LogP) is 7.28. The zero-order chi connectivity index (χ0) is 24.5. The highest BCUT2D eigenvalue weighted by molar-refractivity contribution is 7.80. The van der Waals surface area contributed by atoms with Crippen LogP contribution in [0.15, 0.2) is 91.3 Å². The van der Waals surface area contributed by atoms with Gasteiger partial charge in [0.25, 0.3) is 0 Å². The number of aromatic nitrogens is 2. The quantitative estimate of drug-likeness (QED) is 0.285. The highest BCUT2D eigenvalue weighted by Gasteiger charge is 2.42. The molecular weight excluding hydrogens is 464 g/mol. The number of rotatable bonds is 6. The Balaban J connectivity index is 1.36. The Morgan fingerprint density at radius 1 is 0.917 bits per heavy atom. The number of aryl methyl sites for hydroxylation is 1. The average molecular weight is 495 g/mol. The zero-order valence-corrected chi connectivity index (χ0v) is 21.2. The minimum atomic E-state index is -0.0448. The molecule has 2 fully saturated rings. The van der Waals surface area contributed by atoms with E-state index < -0.39 is 0 Å². The summed E-state index contributed by atoms with van der Waals surface area (Å²) in [4.78, 5) is 6.94. The number of pyridine rings is 1. The molecule has 6 rings (SSSR count). The molecule has 0 spiro atoms. The minimum Gasteiger partial charge on any atom is -0.457 e. The normalized spacial score (nSPS) is 20.0. The lowest BCUT2D eigenvalue weighted by atomic mass is 10.00. The summed E-state index contributed by atoms with van der Waals surface area (Å²) in [6.07, 6.45) is 9.13. The van der Waals surface area contributed by atoms with Crippen LogP contribution in [-0.4, -0.2) is 14.7 Å². The lowest BCUT2D eigenvalue weighted by Crippen LogP contribution is -2.30. The van der Waals surface area contributed by atoms with Crippen LogP contribution in [0.25, 0.3) is 0 Å². The van der Waals surface area contributed by atoms with Gasteiger partial charge in [-0.25, -0.2) is 0 Å². The first-order chi connectivity index (χ1) is 17.7. The van der Waals surface area contributed by atoms with Crippen molar-refractivity contribution in [3.05, 3.63) is 108 Å². The van der Waals surface area contributed by atoms with E-state index in [0.29, 0.717) is 11.2 Å². The SMILES string of the molecule is Cc1ccccc1Oc1ccc(N2C(=S)N[C@H](c3ccccn3)[C@H]2c2cccn2C2CCCC2)cc1. The molecule has 2 atom stereocenters. The predicted molar refractivity (Wildman–Crippen MR) is 148 cm³/mol. The smallest absolute Gasteiger partial charge is 0.174 e. The fourth-order valence-electron chi connectivity index (χ4n) is 5.58. The van der Waals surface area contributed by atoms with Crippen LogP contribution in [0.2, 0.25) is 0 Å². The Morgan fingerprint density at radius 2 is 1.69 bits per heavy atom. The minimum absolute atomic E-state index is 0.00821. The molecule has 5 nitrogen and oxygen atoms in total. The number of hydrogen-bond donors (Lipinski definition) is 1. The Labute approximate surface area is 217 Å². The summed E-state index contributed by atoms with van der Waals surface area (Å²) in [6, 6.07) is 27.3. The van der Waals surface area contributed by atoms with Gasteiger partial charge >= 0.3 is 0 Å². The van der Waals surface area contributed by atoms with Gasteiger partial charge in [-0.05, 0) is 92.1 Å². The second-order valence-electron chi connectivity index (χ2n) is 9.64. The van der Waals surface area contributed by atoms with Crippen molar-refractivity contribution in [2.45, 2.75) is 50.7 Å². The van der Waals surface area contributed by atoms with Gasteiger partial charge in [-0.2, -0.15) is 0 Å². The summed E-state index contributed by atoms with van der Waals surface area (Å²) in [6.45, 7) is 2.06. The first kappa shape index (κ1) is 22.8. The van der Waals surface area contributed by atoms with Crippen molar-refractivity contribution in [2.75, 3.05) is 4.90 Å². The molecule has 0 amide bonds. The third-order valence-corrected chi connectivity index (χ3v) is 7.68. The number of ether oxygens (including phenoxy) is 1. The number of benzene rings is 2. The Kier molecular flexibility index (Phi) is 6.20. The molecule has 0 bridgehead atoms. The van der Waals surface area contributed by atoms with Crippen LogP contribution in [0.1, 0.15) is 60.8 Å². The van der Waals surface area contributed by atoms with Gasteiger partial charge in [0.15, 0.2) is 5.11 Å². The van der Waals surface area contributed by atoms with Gasteiger partial charge in [0, 0.05) is 29.8 Å². The second kappa shape index (κ2) is 9.78. The van der Waals surface area contributed by atoms with Crippen molar-refractivity contribution in [1.29, 1.82) is 0 Å². The summed E-state index contributed by atoms with van der Waals surface area (Å²) in [7, 11) is 0. The third kappa shape index (κ3) is 4.26. The maximum Gasteiger partial charge on any atom is 0.174 e. The van der Waals surface area contributed by atoms with Gasteiger partial charge < -0.3 is 19.5 Å². The number of nitrogens with one attached hydrogen (secondary N) is 1. The highest BCUT2D eigenvalue weighted by Crippen LogP contribution is 2.44. The van der Waals surface area contributed by atoms with Crippen molar-refractivity contribution >= 4 is 23.0 Å². The molecule has 1 saturated heterocycles. The molecule has 2 aromatic heterocycles. The van der Waals surface area contributed by atoms with Gasteiger partial charge in [-0.3, -0.25) is 4.98 Å². The van der Waals surface area contributed by atoms with E-state index in [0.717, 1.165) is 28.4 Å². The summed E-state index contributed by atoms with van der Waals surface area (Å²) >= 11 is 5.93. The van der Waals surface area contributed by atoms with Crippen LogP contribution in [-0.2, 0) is 0 Å². The van der Waals surface area contributed by atoms with E-state index in [1.54, 1.807) is 0 Å². The van der Waals surface area contributed by atoms with Crippen molar-refractivity contribution in [2.24, 2.45) is 0 Å². The lowest BCUT2D eigenvalue weighted by Gasteiger charge is -2.30. The number of para-hydroxylation sites is 1. The Bertz CT molecular complexity index is 1340. The first-order valence-electron chi connectivity index (χ1n) is 12.7. The maximum atomic E-state index is 6.15. The highest BCUT2D eigenvalue weighted by atomic mass is 32.1. The molecule has 2 aliphatic rings. The molecule has 1 saturated carbocycles. The standard InChI is InChI=1S/C30H30N4OS/c1-21-9-2-5-14-27(21)35-24-17-15-23(16-18-24)34-29(26-13-8-20-33(26)22-10-3-4-11-22)28(32-30(34)36)25-12-6-7-19-31-25/h2,5-9,12-20,22,28-29H,3-4,10-11H2,1H3,(H,32,36)/t28-,29-/m1/s1. The van der Waals surface area contributed by atoms with Gasteiger partial charge in [0.05, 0.1) is 11.7 Å². The summed E-state index contributed by atoms with van der Waals surface area (Å²) < 4.78 is 8.63. The topological polar surface area (TPSA) is 42.3 Å². The van der Waals surface area contributed by atoms with Crippen LogP contribution < -0.4 is 15.0 Å². The molecule has 0 radical (unpaired) electrons. The molecule has 182 valence electrons. The van der Waals surface area contributed by atoms with Crippen LogP contribution in [0, 0.1) is 6.92 Å². The van der Waals surface area contributed by atoms with Gasteiger partial charge in [0.2, 0.25) is 0 Å². The van der Waals surface area contributed by atoms with Crippen LogP contribution in [0.3, 0.4) is 0 Å². The number of thiocarbonyl (C=S) groups is 1. The third-order valence-electron chi connectivity index (χ3n) is 7.37. The van der Waals surface area contributed by atoms with Crippen molar-refractivity contribution in [3.8, 4) is 11.5 Å². The maximum absolute atomic E-state index is 6.15. The van der Waals surface area contributed by atoms with Crippen molar-refractivity contribution < 1.29 is 4.74 Å². The molecular formula is C30H30N4OS. The van der Waals surface area contributed by atoms with E-state index in [1.807, 2.05) is 48.7 Å². The summed E-state index contributed by atoms with van der Waals surface area (Å²) in [5, 5.41) is 4.30. The van der Waals surface area contributed by atoms with E-state index in [4.69, 9.17) is 21.9 Å². The van der Waals surface area contributed by atoms with Crippen molar-refractivity contribution in [3.63, 3.8) is 0 Å². The number of nitrogens with zero attached hydrogens (tertiary/aromatic N) is 3. The molecule has 3 heterocycles. The van der Waals surface area contributed by atoms with Crippen LogP contribution >= 0.6 is 12.2 Å². The van der Waals surface area contributed by atoms with E-state index in [-0.39, 0.29) is 12.1 Å². The largest absolute Gasteiger partial charge is 0.457 e. The fraction of sp³-hybridized carbons (Fsp3) is 0.267. The Morgan fingerprint density at radius 3 is 2.44 bits per heavy atom. The van der Waals surface area contributed by atoms with Crippen LogP contribution in [0.5, 0.6) is 11.5 Å². The monoisotopic (exact) mass is 494 g/mol. The molecule has 36 heavy (non-hydrogen) atoms. The van der Waals surface area contributed by atoms with Crippen molar-refractivity contribution in [1.82, 2.24) is 14.9 Å². The number of hydrogen-bond acceptors (Lipinski definition) is 3. The van der Waals surface area contributed by atoms with Gasteiger partial charge in [-0.1, -0.05) is 37.1 Å². The molecule has 1 N–H and O–H groups in total. The second-order valence-corrected chi connectivity index (χ2v) is 10.0. The van der Waals surface area contributed by atoms with Crippen LogP contribution in [0.4, 0.5) is 5.69 Å². The zero-order valence-electron chi connectivity index (χ0n) is 20.4. The van der Waals surface area contributed by atoms with E-state index in [2.05, 4.69) is 64.3 Å². The Hall–Kier alpha value is -3.64. The average Bonchev–Trinajstić information content (AvgIpc) is 3.66. The van der Waals surface area contributed by atoms with E-state index in [9.17, 15) is 0 Å². The molecule has 1 aliphatic carbocycles. The number of anilines is 1. The molecule has 2 aromatic carbocycles. The van der Waals surface area contributed by atoms with E-state index >= 15 is 0 Å². The lowest BCUT2D eigenvalue weighted by molar-refractivity contribution is 0.461. The summed E-state index contributed by atoms with van der Waals surface area (Å²) in [5.74, 6) is 1.67. The summed E-state index contributed by atoms with van der Waals surface area (Å²) in [5.41, 5.74) is 4.40. The molecule has 0 unspecified atom stereocenters. The van der Waals surface area contributed by atoms with E-state index in [1.165, 1.54) is 31.4 Å². The molecule has 4 aromatic rings. The first-order valence-corrected chi connectivity index (χ1v) is 13.1. The van der Waals surface area contributed by atoms with Gasteiger partial charge in [0.1, 0.15) is 17.5 Å².